The topological polar surface area (TPSA) is 32.8 Å². The molecular weight excluding hydrogens is 264 g/mol. The Kier molecular flexibility index (Phi) is 4.32. The van der Waals surface area contributed by atoms with Crippen LogP contribution in [0.15, 0.2) is 12.1 Å². The molecular formula is C14H19ClN2O2. The summed E-state index contributed by atoms with van der Waals surface area (Å²) in [7, 11) is 3.98. The van der Waals surface area contributed by atoms with E-state index < -0.39 is 0 Å². The van der Waals surface area contributed by atoms with Crippen LogP contribution >= 0.6 is 11.6 Å². The second-order valence-corrected chi connectivity index (χ2v) is 5.39. The Labute approximate surface area is 118 Å². The minimum atomic E-state index is 0.0558. The van der Waals surface area contributed by atoms with Gasteiger partial charge in [0.05, 0.1) is 10.7 Å². The van der Waals surface area contributed by atoms with Crippen molar-refractivity contribution in [3.05, 3.63) is 22.7 Å². The molecule has 0 bridgehead atoms. The molecule has 0 radical (unpaired) electrons. The van der Waals surface area contributed by atoms with E-state index in [0.29, 0.717) is 17.4 Å². The number of rotatable bonds is 4. The van der Waals surface area contributed by atoms with Crippen molar-refractivity contribution in [2.75, 3.05) is 38.7 Å². The second-order valence-electron chi connectivity index (χ2n) is 4.98. The fraction of sp³-hybridized carbons (Fsp3) is 0.500. The zero-order valence-corrected chi connectivity index (χ0v) is 12.3. The van der Waals surface area contributed by atoms with Crippen LogP contribution in [0.2, 0.25) is 5.02 Å². The van der Waals surface area contributed by atoms with Crippen molar-refractivity contribution in [1.29, 1.82) is 0 Å². The molecule has 0 saturated heterocycles. The minimum Gasteiger partial charge on any atom is -0.491 e. The van der Waals surface area contributed by atoms with Crippen LogP contribution < -0.4 is 9.64 Å². The number of hydrogen-bond donors (Lipinski definition) is 0. The lowest BCUT2D eigenvalue weighted by Gasteiger charge is -2.17. The lowest BCUT2D eigenvalue weighted by atomic mass is 10.1. The molecule has 4 nitrogen and oxygen atoms in total. The summed E-state index contributed by atoms with van der Waals surface area (Å²) < 4.78 is 5.69. The largest absolute Gasteiger partial charge is 0.491 e. The molecule has 104 valence electrons. The Hall–Kier alpha value is -1.26. The molecule has 0 fully saturated rings. The summed E-state index contributed by atoms with van der Waals surface area (Å²) in [6.07, 6.45) is 0.854. The van der Waals surface area contributed by atoms with Gasteiger partial charge in [0.2, 0.25) is 5.91 Å². The molecule has 1 aromatic rings. The number of hydrogen-bond acceptors (Lipinski definition) is 3. The molecule has 0 unspecified atom stereocenters. The molecule has 1 heterocycles. The number of anilines is 1. The van der Waals surface area contributed by atoms with E-state index in [1.165, 1.54) is 0 Å². The predicted molar refractivity (Wildman–Crippen MR) is 77.2 cm³/mol. The molecule has 1 aliphatic rings. The van der Waals surface area contributed by atoms with Gasteiger partial charge in [-0.05, 0) is 32.1 Å². The maximum atomic E-state index is 11.6. The molecule has 1 aliphatic heterocycles. The number of amides is 1. The van der Waals surface area contributed by atoms with Gasteiger partial charge in [-0.3, -0.25) is 4.79 Å². The molecule has 0 aromatic heterocycles. The average Bonchev–Trinajstić information content (AvgIpc) is 2.71. The first-order chi connectivity index (χ1) is 8.99. The van der Waals surface area contributed by atoms with Gasteiger partial charge in [-0.2, -0.15) is 0 Å². The lowest BCUT2D eigenvalue weighted by molar-refractivity contribution is -0.116. The fourth-order valence-corrected chi connectivity index (χ4v) is 2.40. The zero-order chi connectivity index (χ0) is 14.0. The maximum absolute atomic E-state index is 11.6. The summed E-state index contributed by atoms with van der Waals surface area (Å²) in [6.45, 7) is 3.70. The highest BCUT2D eigenvalue weighted by molar-refractivity contribution is 6.32. The number of carbonyl (C=O) groups is 1. The van der Waals surface area contributed by atoms with E-state index in [0.717, 1.165) is 30.8 Å². The van der Waals surface area contributed by atoms with Gasteiger partial charge in [0.15, 0.2) is 0 Å². The van der Waals surface area contributed by atoms with Crippen molar-refractivity contribution in [3.8, 4) is 5.75 Å². The van der Waals surface area contributed by atoms with Crippen LogP contribution in [-0.2, 0) is 11.2 Å². The molecule has 0 atom stereocenters. The summed E-state index contributed by atoms with van der Waals surface area (Å²) in [5.74, 6) is 0.704. The SMILES string of the molecule is CC(=O)N1CCc2cc(Cl)c(OCCN(C)C)cc21. The van der Waals surface area contributed by atoms with Crippen LogP contribution in [0, 0.1) is 0 Å². The fourth-order valence-electron chi connectivity index (χ4n) is 2.16. The molecule has 2 rings (SSSR count). The average molecular weight is 283 g/mol. The van der Waals surface area contributed by atoms with Crippen molar-refractivity contribution in [2.45, 2.75) is 13.3 Å². The third-order valence-electron chi connectivity index (χ3n) is 3.20. The Morgan fingerprint density at radius 1 is 1.47 bits per heavy atom. The van der Waals surface area contributed by atoms with Crippen molar-refractivity contribution in [1.82, 2.24) is 4.90 Å². The number of carbonyl (C=O) groups excluding carboxylic acids is 1. The monoisotopic (exact) mass is 282 g/mol. The third-order valence-corrected chi connectivity index (χ3v) is 3.50. The molecule has 5 heteroatoms. The highest BCUT2D eigenvalue weighted by Gasteiger charge is 2.24. The Morgan fingerprint density at radius 2 is 2.21 bits per heavy atom. The summed E-state index contributed by atoms with van der Waals surface area (Å²) >= 11 is 6.21. The number of ether oxygens (including phenoxy) is 1. The van der Waals surface area contributed by atoms with E-state index in [1.807, 2.05) is 31.1 Å². The maximum Gasteiger partial charge on any atom is 0.223 e. The number of benzene rings is 1. The number of halogens is 1. The molecule has 1 aromatic carbocycles. The number of fused-ring (bicyclic) bond motifs is 1. The van der Waals surface area contributed by atoms with Gasteiger partial charge < -0.3 is 14.5 Å². The summed E-state index contributed by atoms with van der Waals surface area (Å²) in [6, 6.07) is 3.78. The zero-order valence-electron chi connectivity index (χ0n) is 11.6. The van der Waals surface area contributed by atoms with Gasteiger partial charge in [-0.15, -0.1) is 0 Å². The quantitative estimate of drug-likeness (QED) is 0.849. The van der Waals surface area contributed by atoms with E-state index in [9.17, 15) is 4.79 Å². The van der Waals surface area contributed by atoms with Crippen LogP contribution in [-0.4, -0.2) is 44.6 Å². The smallest absolute Gasteiger partial charge is 0.223 e. The molecule has 19 heavy (non-hydrogen) atoms. The van der Waals surface area contributed by atoms with Gasteiger partial charge in [0.25, 0.3) is 0 Å². The molecule has 0 aliphatic carbocycles. The molecule has 0 spiro atoms. The van der Waals surface area contributed by atoms with Crippen molar-refractivity contribution >= 4 is 23.2 Å². The first-order valence-electron chi connectivity index (χ1n) is 6.37. The number of likely N-dealkylation sites (N-methyl/N-ethyl adjacent to an activating group) is 1. The van der Waals surface area contributed by atoms with Gasteiger partial charge in [-0.1, -0.05) is 11.6 Å². The van der Waals surface area contributed by atoms with E-state index in [-0.39, 0.29) is 5.91 Å². The van der Waals surface area contributed by atoms with Crippen LogP contribution in [0.5, 0.6) is 5.75 Å². The first kappa shape index (κ1) is 14.2. The van der Waals surface area contributed by atoms with Gasteiger partial charge in [0, 0.05) is 26.1 Å². The summed E-state index contributed by atoms with van der Waals surface area (Å²) in [4.78, 5) is 15.4. The van der Waals surface area contributed by atoms with Crippen LogP contribution in [0.1, 0.15) is 12.5 Å². The molecule has 0 N–H and O–H groups in total. The summed E-state index contributed by atoms with van der Waals surface area (Å²) in [5, 5.41) is 0.614. The van der Waals surface area contributed by atoms with Gasteiger partial charge >= 0.3 is 0 Å². The van der Waals surface area contributed by atoms with E-state index >= 15 is 0 Å². The van der Waals surface area contributed by atoms with E-state index in [4.69, 9.17) is 16.3 Å². The second kappa shape index (κ2) is 5.80. The normalized spacial score (nSPS) is 13.8. The van der Waals surface area contributed by atoms with Crippen LogP contribution in [0.25, 0.3) is 0 Å². The Morgan fingerprint density at radius 3 is 2.84 bits per heavy atom. The molecule has 1 amide bonds. The van der Waals surface area contributed by atoms with E-state index in [1.54, 1.807) is 11.8 Å². The lowest BCUT2D eigenvalue weighted by Crippen LogP contribution is -2.25. The third kappa shape index (κ3) is 3.19. The highest BCUT2D eigenvalue weighted by atomic mass is 35.5. The Bertz CT molecular complexity index is 489. The highest BCUT2D eigenvalue weighted by Crippen LogP contribution is 2.37. The minimum absolute atomic E-state index is 0.0558. The predicted octanol–water partition coefficient (Wildman–Crippen LogP) is 2.19. The Balaban J connectivity index is 2.17. The van der Waals surface area contributed by atoms with Crippen molar-refractivity contribution in [3.63, 3.8) is 0 Å². The standard InChI is InChI=1S/C14H19ClN2O2/c1-10(18)17-5-4-11-8-12(15)14(9-13(11)17)19-7-6-16(2)3/h8-9H,4-7H2,1-3H3. The van der Waals surface area contributed by atoms with Crippen LogP contribution in [0.3, 0.4) is 0 Å². The van der Waals surface area contributed by atoms with Gasteiger partial charge in [-0.25, -0.2) is 0 Å². The van der Waals surface area contributed by atoms with Gasteiger partial charge in [0.1, 0.15) is 12.4 Å². The van der Waals surface area contributed by atoms with Crippen molar-refractivity contribution in [2.24, 2.45) is 0 Å². The summed E-state index contributed by atoms with van der Waals surface area (Å²) in [5.41, 5.74) is 2.04. The number of nitrogens with zero attached hydrogens (tertiary/aromatic N) is 2. The molecule has 0 saturated carbocycles. The van der Waals surface area contributed by atoms with Crippen molar-refractivity contribution < 1.29 is 9.53 Å². The van der Waals surface area contributed by atoms with E-state index in [2.05, 4.69) is 0 Å². The first-order valence-corrected chi connectivity index (χ1v) is 6.75. The van der Waals surface area contributed by atoms with Crippen LogP contribution in [0.4, 0.5) is 5.69 Å².